The van der Waals surface area contributed by atoms with Gasteiger partial charge in [-0.3, -0.25) is 9.59 Å². The van der Waals surface area contributed by atoms with Crippen LogP contribution in [0.25, 0.3) is 0 Å². The minimum absolute atomic E-state index is 0.129. The van der Waals surface area contributed by atoms with Gasteiger partial charge in [0.15, 0.2) is 6.10 Å². The second kappa shape index (κ2) is 11.3. The first-order valence-corrected chi connectivity index (χ1v) is 9.55. The largest absolute Gasteiger partial charge is 0.494 e. The number of hydrogen-bond donors (Lipinski definition) is 1. The lowest BCUT2D eigenvalue weighted by molar-refractivity contribution is -0.153. The van der Waals surface area contributed by atoms with Gasteiger partial charge in [0.05, 0.1) is 6.61 Å². The van der Waals surface area contributed by atoms with Crippen LogP contribution in [0.3, 0.4) is 0 Å². The second-order valence-electron chi connectivity index (χ2n) is 5.79. The number of nitrogens with one attached hydrogen (secondary N) is 1. The third-order valence-electron chi connectivity index (χ3n) is 3.56. The number of rotatable bonds is 10. The SMILES string of the molecule is C[C@@H](OC(=O)CCCOc1ccccc1)C(=O)Nc1ccc(SC(F)F)cc1. The summed E-state index contributed by atoms with van der Waals surface area (Å²) in [5.74, 6) is -2.77. The van der Waals surface area contributed by atoms with Crippen molar-refractivity contribution in [1.82, 2.24) is 0 Å². The highest BCUT2D eigenvalue weighted by molar-refractivity contribution is 7.99. The molecule has 0 aromatic heterocycles. The normalized spacial score (nSPS) is 11.7. The number of halogens is 2. The van der Waals surface area contributed by atoms with E-state index in [0.29, 0.717) is 35.4 Å². The summed E-state index contributed by atoms with van der Waals surface area (Å²) in [7, 11) is 0. The fraction of sp³-hybridized carbons (Fsp3) is 0.300. The third kappa shape index (κ3) is 7.96. The molecule has 0 heterocycles. The van der Waals surface area contributed by atoms with E-state index in [4.69, 9.17) is 9.47 Å². The Bertz CT molecular complexity index is 757. The van der Waals surface area contributed by atoms with E-state index in [1.54, 1.807) is 0 Å². The molecule has 0 radical (unpaired) electrons. The van der Waals surface area contributed by atoms with Gasteiger partial charge >= 0.3 is 5.97 Å². The molecule has 2 aromatic carbocycles. The van der Waals surface area contributed by atoms with Crippen molar-refractivity contribution < 1.29 is 27.8 Å². The highest BCUT2D eigenvalue weighted by atomic mass is 32.2. The number of amides is 1. The molecule has 1 amide bonds. The maximum atomic E-state index is 12.3. The maximum absolute atomic E-state index is 12.3. The van der Waals surface area contributed by atoms with Gasteiger partial charge in [0.25, 0.3) is 11.7 Å². The minimum Gasteiger partial charge on any atom is -0.494 e. The van der Waals surface area contributed by atoms with Gasteiger partial charge in [-0.1, -0.05) is 30.0 Å². The highest BCUT2D eigenvalue weighted by Gasteiger charge is 2.18. The lowest BCUT2D eigenvalue weighted by Crippen LogP contribution is -2.30. The fourth-order valence-electron chi connectivity index (χ4n) is 2.20. The average molecular weight is 409 g/mol. The molecule has 2 aromatic rings. The van der Waals surface area contributed by atoms with E-state index in [-0.39, 0.29) is 6.42 Å². The standard InChI is InChI=1S/C20H21F2NO4S/c1-14(19(25)23-15-9-11-17(12-10-15)28-20(21)22)27-18(24)8-5-13-26-16-6-3-2-4-7-16/h2-4,6-7,9-12,14,20H,5,8,13H2,1H3,(H,23,25)/t14-/m1/s1. The molecule has 0 spiro atoms. The summed E-state index contributed by atoms with van der Waals surface area (Å²) < 4.78 is 35.2. The van der Waals surface area contributed by atoms with E-state index >= 15 is 0 Å². The summed E-state index contributed by atoms with van der Waals surface area (Å²) in [6, 6.07) is 15.2. The third-order valence-corrected chi connectivity index (χ3v) is 4.28. The van der Waals surface area contributed by atoms with Crippen LogP contribution < -0.4 is 10.1 Å². The van der Waals surface area contributed by atoms with Crippen molar-refractivity contribution >= 4 is 29.3 Å². The van der Waals surface area contributed by atoms with Crippen molar-refractivity contribution in [3.8, 4) is 5.75 Å². The second-order valence-corrected chi connectivity index (χ2v) is 6.85. The Morgan fingerprint density at radius 3 is 2.39 bits per heavy atom. The van der Waals surface area contributed by atoms with Crippen LogP contribution in [0.2, 0.25) is 0 Å². The van der Waals surface area contributed by atoms with Gasteiger partial charge in [0, 0.05) is 17.0 Å². The predicted molar refractivity (Wildman–Crippen MR) is 104 cm³/mol. The van der Waals surface area contributed by atoms with E-state index in [1.807, 2.05) is 30.3 Å². The Morgan fingerprint density at radius 1 is 1.07 bits per heavy atom. The fourth-order valence-corrected chi connectivity index (χ4v) is 2.70. The van der Waals surface area contributed by atoms with Gasteiger partial charge in [0.1, 0.15) is 5.75 Å². The summed E-state index contributed by atoms with van der Waals surface area (Å²) in [5, 5.41) is 2.58. The van der Waals surface area contributed by atoms with Crippen LogP contribution in [0.4, 0.5) is 14.5 Å². The summed E-state index contributed by atoms with van der Waals surface area (Å²) >= 11 is 0.423. The van der Waals surface area contributed by atoms with Crippen molar-refractivity contribution in [1.29, 1.82) is 0 Å². The first-order valence-electron chi connectivity index (χ1n) is 8.67. The Morgan fingerprint density at radius 2 is 1.75 bits per heavy atom. The molecule has 0 saturated heterocycles. The van der Waals surface area contributed by atoms with Crippen molar-refractivity contribution in [2.24, 2.45) is 0 Å². The van der Waals surface area contributed by atoms with Crippen molar-refractivity contribution in [3.05, 3.63) is 54.6 Å². The molecule has 5 nitrogen and oxygen atoms in total. The number of carbonyl (C=O) groups is 2. The Kier molecular flexibility index (Phi) is 8.74. The van der Waals surface area contributed by atoms with E-state index in [0.717, 1.165) is 5.75 Å². The molecule has 0 saturated carbocycles. The molecule has 150 valence electrons. The van der Waals surface area contributed by atoms with Crippen molar-refractivity contribution in [3.63, 3.8) is 0 Å². The molecule has 2 rings (SSSR count). The number of para-hydroxylation sites is 1. The number of ether oxygens (including phenoxy) is 2. The van der Waals surface area contributed by atoms with Crippen LogP contribution in [0, 0.1) is 0 Å². The zero-order valence-electron chi connectivity index (χ0n) is 15.3. The summed E-state index contributed by atoms with van der Waals surface area (Å²) in [6.07, 6.45) is -0.382. The monoisotopic (exact) mass is 409 g/mol. The van der Waals surface area contributed by atoms with Crippen molar-refractivity contribution in [2.45, 2.75) is 36.5 Å². The van der Waals surface area contributed by atoms with Crippen LogP contribution in [0.15, 0.2) is 59.5 Å². The number of thioether (sulfide) groups is 1. The van der Waals surface area contributed by atoms with Crippen LogP contribution in [-0.4, -0.2) is 30.3 Å². The van der Waals surface area contributed by atoms with E-state index in [1.165, 1.54) is 31.2 Å². The van der Waals surface area contributed by atoms with Gasteiger partial charge < -0.3 is 14.8 Å². The predicted octanol–water partition coefficient (Wildman–Crippen LogP) is 4.73. The van der Waals surface area contributed by atoms with Crippen molar-refractivity contribution in [2.75, 3.05) is 11.9 Å². The molecule has 0 bridgehead atoms. The topological polar surface area (TPSA) is 64.6 Å². The Labute approximate surface area is 166 Å². The zero-order valence-corrected chi connectivity index (χ0v) is 16.1. The highest BCUT2D eigenvalue weighted by Crippen LogP contribution is 2.26. The lowest BCUT2D eigenvalue weighted by atomic mass is 10.3. The molecule has 8 heteroatoms. The minimum atomic E-state index is -2.50. The van der Waals surface area contributed by atoms with Crippen LogP contribution >= 0.6 is 11.8 Å². The van der Waals surface area contributed by atoms with Gasteiger partial charge in [0.2, 0.25) is 0 Å². The van der Waals surface area contributed by atoms with Gasteiger partial charge in [-0.05, 0) is 49.7 Å². The smallest absolute Gasteiger partial charge is 0.306 e. The molecule has 1 atom stereocenters. The quantitative estimate of drug-likeness (QED) is 0.349. The molecule has 0 aliphatic heterocycles. The van der Waals surface area contributed by atoms with Crippen LogP contribution in [0.1, 0.15) is 19.8 Å². The molecule has 0 fully saturated rings. The summed E-state index contributed by atoms with van der Waals surface area (Å²) in [4.78, 5) is 24.3. The molecule has 0 aliphatic rings. The molecule has 1 N–H and O–H groups in total. The Balaban J connectivity index is 1.68. The van der Waals surface area contributed by atoms with Gasteiger partial charge in [-0.15, -0.1) is 0 Å². The van der Waals surface area contributed by atoms with Crippen LogP contribution in [-0.2, 0) is 14.3 Å². The maximum Gasteiger partial charge on any atom is 0.306 e. The number of anilines is 1. The molecule has 0 aliphatic carbocycles. The van der Waals surface area contributed by atoms with E-state index in [9.17, 15) is 18.4 Å². The molecule has 0 unspecified atom stereocenters. The van der Waals surface area contributed by atoms with Gasteiger partial charge in [-0.2, -0.15) is 8.78 Å². The molecular weight excluding hydrogens is 388 g/mol. The Hall–Kier alpha value is -2.61. The molecule has 28 heavy (non-hydrogen) atoms. The van der Waals surface area contributed by atoms with E-state index in [2.05, 4.69) is 5.32 Å². The lowest BCUT2D eigenvalue weighted by Gasteiger charge is -2.14. The first-order chi connectivity index (χ1) is 13.4. The number of benzene rings is 2. The van der Waals surface area contributed by atoms with E-state index < -0.39 is 23.7 Å². The summed E-state index contributed by atoms with van der Waals surface area (Å²) in [6.45, 7) is 1.83. The number of hydrogen-bond acceptors (Lipinski definition) is 5. The number of carbonyl (C=O) groups excluding carboxylic acids is 2. The van der Waals surface area contributed by atoms with Gasteiger partial charge in [-0.25, -0.2) is 0 Å². The summed E-state index contributed by atoms with van der Waals surface area (Å²) in [5.41, 5.74) is 0.433. The molecular formula is C20H21F2NO4S. The number of alkyl halides is 2. The average Bonchev–Trinajstić information content (AvgIpc) is 2.67. The number of esters is 1. The first kappa shape index (κ1) is 21.7. The van der Waals surface area contributed by atoms with Crippen LogP contribution in [0.5, 0.6) is 5.75 Å². The zero-order chi connectivity index (χ0) is 20.4.